The van der Waals surface area contributed by atoms with Gasteiger partial charge in [-0.15, -0.1) is 11.3 Å². The van der Waals surface area contributed by atoms with E-state index in [-0.39, 0.29) is 6.04 Å². The maximum absolute atomic E-state index is 5.95. The van der Waals surface area contributed by atoms with Crippen molar-refractivity contribution in [3.63, 3.8) is 0 Å². The van der Waals surface area contributed by atoms with Gasteiger partial charge in [0.15, 0.2) is 5.13 Å². The molecule has 1 heterocycles. The van der Waals surface area contributed by atoms with Crippen molar-refractivity contribution in [3.8, 4) is 5.75 Å². The highest BCUT2D eigenvalue weighted by molar-refractivity contribution is 7.15. The minimum atomic E-state index is 0.0376. The molecule has 0 aliphatic rings. The van der Waals surface area contributed by atoms with E-state index >= 15 is 0 Å². The van der Waals surface area contributed by atoms with Gasteiger partial charge in [0.1, 0.15) is 5.75 Å². The lowest BCUT2D eigenvalue weighted by Crippen LogP contribution is -2.15. The molecule has 2 N–H and O–H groups in total. The van der Waals surface area contributed by atoms with Gasteiger partial charge in [0.2, 0.25) is 0 Å². The highest BCUT2D eigenvalue weighted by atomic mass is 32.1. The first-order chi connectivity index (χ1) is 9.51. The normalized spacial score (nSPS) is 12.2. The molecule has 4 nitrogen and oxygen atoms in total. The summed E-state index contributed by atoms with van der Waals surface area (Å²) in [4.78, 5) is 7.90. The summed E-state index contributed by atoms with van der Waals surface area (Å²) in [6.45, 7) is 4.82. The number of methoxy groups -OCH3 is 1. The van der Waals surface area contributed by atoms with Crippen molar-refractivity contribution in [2.45, 2.75) is 26.4 Å². The Balaban J connectivity index is 2.10. The van der Waals surface area contributed by atoms with Crippen LogP contribution < -0.4 is 15.4 Å². The first kappa shape index (κ1) is 14.8. The van der Waals surface area contributed by atoms with E-state index in [4.69, 9.17) is 10.5 Å². The van der Waals surface area contributed by atoms with Crippen molar-refractivity contribution < 1.29 is 4.74 Å². The van der Waals surface area contributed by atoms with Crippen molar-refractivity contribution in [2.24, 2.45) is 5.73 Å². The van der Waals surface area contributed by atoms with Gasteiger partial charge in [0.05, 0.1) is 12.8 Å². The zero-order valence-corrected chi connectivity index (χ0v) is 13.2. The number of hydrogen-bond acceptors (Lipinski definition) is 5. The van der Waals surface area contributed by atoms with Crippen LogP contribution in [-0.4, -0.2) is 19.1 Å². The van der Waals surface area contributed by atoms with E-state index in [1.807, 2.05) is 33.0 Å². The molecule has 0 aliphatic carbocycles. The Morgan fingerprint density at radius 3 is 2.50 bits per heavy atom. The lowest BCUT2D eigenvalue weighted by Gasteiger charge is -2.16. The third kappa shape index (κ3) is 3.29. The number of hydrogen-bond donors (Lipinski definition) is 1. The molecular weight excluding hydrogens is 270 g/mol. The minimum Gasteiger partial charge on any atom is -0.497 e. The summed E-state index contributed by atoms with van der Waals surface area (Å²) in [7, 11) is 3.72. The maximum atomic E-state index is 5.95. The van der Waals surface area contributed by atoms with Crippen LogP contribution in [0.2, 0.25) is 0 Å². The second-order valence-corrected chi connectivity index (χ2v) is 5.95. The molecule has 2 rings (SSSR count). The van der Waals surface area contributed by atoms with E-state index < -0.39 is 0 Å². The Labute approximate surface area is 124 Å². The molecule has 0 bridgehead atoms. The molecule has 1 aromatic carbocycles. The molecule has 0 saturated heterocycles. The highest BCUT2D eigenvalue weighted by Gasteiger charge is 2.14. The number of nitrogens with zero attached hydrogens (tertiary/aromatic N) is 2. The van der Waals surface area contributed by atoms with Gasteiger partial charge >= 0.3 is 0 Å². The minimum absolute atomic E-state index is 0.0376. The Kier molecular flexibility index (Phi) is 4.62. The molecule has 1 atom stereocenters. The van der Waals surface area contributed by atoms with E-state index in [0.717, 1.165) is 28.0 Å². The summed E-state index contributed by atoms with van der Waals surface area (Å²) in [6.07, 6.45) is 0. The van der Waals surface area contributed by atoms with Crippen LogP contribution in [0, 0.1) is 6.92 Å². The molecule has 0 spiro atoms. The molecule has 0 aliphatic heterocycles. The standard InChI is InChI=1S/C15H21N3OS/c1-10(16)14-11(2)17-15(20-14)18(3)9-12-5-7-13(19-4)8-6-12/h5-8,10H,9,16H2,1-4H3. The molecule has 0 radical (unpaired) electrons. The molecular formula is C15H21N3OS. The van der Waals surface area contributed by atoms with E-state index in [0.29, 0.717) is 0 Å². The number of thiazole rings is 1. The summed E-state index contributed by atoms with van der Waals surface area (Å²) in [5.41, 5.74) is 8.21. The van der Waals surface area contributed by atoms with E-state index in [2.05, 4.69) is 22.0 Å². The van der Waals surface area contributed by atoms with Crippen LogP contribution in [0.3, 0.4) is 0 Å². The van der Waals surface area contributed by atoms with Crippen molar-refractivity contribution >= 4 is 16.5 Å². The number of anilines is 1. The first-order valence-electron chi connectivity index (χ1n) is 6.58. The van der Waals surface area contributed by atoms with Crippen LogP contribution in [0.4, 0.5) is 5.13 Å². The van der Waals surface area contributed by atoms with Crippen LogP contribution in [0.1, 0.15) is 29.1 Å². The topological polar surface area (TPSA) is 51.4 Å². The third-order valence-corrected chi connectivity index (χ3v) is 4.61. The summed E-state index contributed by atoms with van der Waals surface area (Å²) >= 11 is 1.67. The Morgan fingerprint density at radius 1 is 1.35 bits per heavy atom. The second-order valence-electron chi connectivity index (χ2n) is 4.94. The molecule has 20 heavy (non-hydrogen) atoms. The molecule has 1 unspecified atom stereocenters. The van der Waals surface area contributed by atoms with Gasteiger partial charge in [-0.3, -0.25) is 0 Å². The number of rotatable bonds is 5. The average Bonchev–Trinajstić information content (AvgIpc) is 2.82. The smallest absolute Gasteiger partial charge is 0.185 e. The number of ether oxygens (including phenoxy) is 1. The Hall–Kier alpha value is -1.59. The second kappa shape index (κ2) is 6.24. The van der Waals surface area contributed by atoms with Gasteiger partial charge < -0.3 is 15.4 Å². The predicted molar refractivity (Wildman–Crippen MR) is 84.6 cm³/mol. The average molecular weight is 291 g/mol. The van der Waals surface area contributed by atoms with Gasteiger partial charge in [-0.05, 0) is 31.5 Å². The Morgan fingerprint density at radius 2 is 2.00 bits per heavy atom. The van der Waals surface area contributed by atoms with E-state index in [1.54, 1.807) is 18.4 Å². The fourth-order valence-electron chi connectivity index (χ4n) is 2.05. The molecule has 108 valence electrons. The van der Waals surface area contributed by atoms with Gasteiger partial charge in [0, 0.05) is 24.5 Å². The fraction of sp³-hybridized carbons (Fsp3) is 0.400. The summed E-state index contributed by atoms with van der Waals surface area (Å²) in [5, 5.41) is 1.01. The van der Waals surface area contributed by atoms with Crippen LogP contribution in [0.15, 0.2) is 24.3 Å². The number of aryl methyl sites for hydroxylation is 1. The largest absolute Gasteiger partial charge is 0.497 e. The van der Waals surface area contributed by atoms with Gasteiger partial charge in [0.25, 0.3) is 0 Å². The lowest BCUT2D eigenvalue weighted by atomic mass is 10.2. The van der Waals surface area contributed by atoms with Gasteiger partial charge in [-0.2, -0.15) is 0 Å². The van der Waals surface area contributed by atoms with Crippen molar-refractivity contribution in [2.75, 3.05) is 19.1 Å². The number of benzene rings is 1. The summed E-state index contributed by atoms with van der Waals surface area (Å²) in [5.74, 6) is 0.876. The quantitative estimate of drug-likeness (QED) is 0.919. The Bertz CT molecular complexity index is 563. The summed E-state index contributed by atoms with van der Waals surface area (Å²) in [6, 6.07) is 8.13. The van der Waals surface area contributed by atoms with Crippen molar-refractivity contribution in [1.82, 2.24) is 4.98 Å². The van der Waals surface area contributed by atoms with Crippen molar-refractivity contribution in [1.29, 1.82) is 0 Å². The van der Waals surface area contributed by atoms with E-state index in [1.165, 1.54) is 5.56 Å². The monoisotopic (exact) mass is 291 g/mol. The third-order valence-electron chi connectivity index (χ3n) is 3.14. The van der Waals surface area contributed by atoms with Crippen molar-refractivity contribution in [3.05, 3.63) is 40.4 Å². The fourth-order valence-corrected chi connectivity index (χ4v) is 3.03. The van der Waals surface area contributed by atoms with Crippen LogP contribution in [-0.2, 0) is 6.54 Å². The maximum Gasteiger partial charge on any atom is 0.185 e. The zero-order chi connectivity index (χ0) is 14.7. The number of aromatic nitrogens is 1. The molecule has 0 fully saturated rings. The number of nitrogens with two attached hydrogens (primary N) is 1. The SMILES string of the molecule is COc1ccc(CN(C)c2nc(C)c(C(C)N)s2)cc1. The molecule has 5 heteroatoms. The zero-order valence-electron chi connectivity index (χ0n) is 12.4. The molecule has 0 saturated carbocycles. The molecule has 2 aromatic rings. The highest BCUT2D eigenvalue weighted by Crippen LogP contribution is 2.29. The lowest BCUT2D eigenvalue weighted by molar-refractivity contribution is 0.414. The predicted octanol–water partition coefficient (Wildman–Crippen LogP) is 3.12. The van der Waals surface area contributed by atoms with E-state index in [9.17, 15) is 0 Å². The van der Waals surface area contributed by atoms with Gasteiger partial charge in [-0.25, -0.2) is 4.98 Å². The van der Waals surface area contributed by atoms with Gasteiger partial charge in [-0.1, -0.05) is 12.1 Å². The summed E-state index contributed by atoms with van der Waals surface area (Å²) < 4.78 is 5.17. The first-order valence-corrected chi connectivity index (χ1v) is 7.40. The van der Waals surface area contributed by atoms with Crippen LogP contribution in [0.5, 0.6) is 5.75 Å². The molecule has 1 aromatic heterocycles. The van der Waals surface area contributed by atoms with Crippen LogP contribution in [0.25, 0.3) is 0 Å². The van der Waals surface area contributed by atoms with Crippen LogP contribution >= 0.6 is 11.3 Å². The molecule has 0 amide bonds.